The van der Waals surface area contributed by atoms with Gasteiger partial charge in [-0.05, 0) is 34.1 Å². The van der Waals surface area contributed by atoms with Gasteiger partial charge in [-0.1, -0.05) is 27.5 Å². The molecule has 0 saturated carbocycles. The molecule has 1 heterocycles. The van der Waals surface area contributed by atoms with Gasteiger partial charge in [0, 0.05) is 16.0 Å². The van der Waals surface area contributed by atoms with E-state index < -0.39 is 0 Å². The summed E-state index contributed by atoms with van der Waals surface area (Å²) in [5.74, 6) is -0.264. The zero-order valence-corrected chi connectivity index (χ0v) is 13.2. The van der Waals surface area contributed by atoms with Crippen molar-refractivity contribution in [2.45, 2.75) is 0 Å². The Morgan fingerprint density at radius 1 is 1.44 bits per heavy atom. The topological polar surface area (TPSA) is 46.9 Å². The van der Waals surface area contributed by atoms with E-state index in [9.17, 15) is 4.79 Å². The van der Waals surface area contributed by atoms with Crippen molar-refractivity contribution in [3.63, 3.8) is 0 Å². The fourth-order valence-corrected chi connectivity index (χ4v) is 2.93. The lowest BCUT2D eigenvalue weighted by molar-refractivity contribution is 0.0963. The molecule has 0 saturated heterocycles. The molecule has 0 spiro atoms. The van der Waals surface area contributed by atoms with Crippen LogP contribution in [0.25, 0.3) is 5.69 Å². The average molecular weight is 393 g/mol. The summed E-state index contributed by atoms with van der Waals surface area (Å²) in [6, 6.07) is 5.60. The third kappa shape index (κ3) is 2.46. The SMILES string of the molecule is CNC(=O)c1cnn(-c2ccc(Br)cc2Br)c1Cl. The Balaban J connectivity index is 2.52. The zero-order chi connectivity index (χ0) is 13.3. The molecule has 1 N–H and O–H groups in total. The summed E-state index contributed by atoms with van der Waals surface area (Å²) in [4.78, 5) is 11.5. The molecule has 0 fully saturated rings. The van der Waals surface area contributed by atoms with Crippen LogP contribution in [0.15, 0.2) is 33.3 Å². The molecule has 0 aliphatic rings. The lowest BCUT2D eigenvalue weighted by Crippen LogP contribution is -2.17. The van der Waals surface area contributed by atoms with Gasteiger partial charge in [-0.25, -0.2) is 4.68 Å². The number of nitrogens with one attached hydrogen (secondary N) is 1. The van der Waals surface area contributed by atoms with E-state index >= 15 is 0 Å². The molecule has 0 aliphatic heterocycles. The van der Waals surface area contributed by atoms with Gasteiger partial charge in [-0.3, -0.25) is 4.79 Å². The maximum absolute atomic E-state index is 11.5. The summed E-state index contributed by atoms with van der Waals surface area (Å²) in [6.45, 7) is 0. The first-order chi connectivity index (χ1) is 8.54. The van der Waals surface area contributed by atoms with Crippen LogP contribution in [0.5, 0.6) is 0 Å². The predicted octanol–water partition coefficient (Wildman–Crippen LogP) is 3.41. The van der Waals surface area contributed by atoms with Gasteiger partial charge in [0.15, 0.2) is 0 Å². The van der Waals surface area contributed by atoms with E-state index in [1.807, 2.05) is 18.2 Å². The van der Waals surface area contributed by atoms with Gasteiger partial charge >= 0.3 is 0 Å². The predicted molar refractivity (Wildman–Crippen MR) is 77.4 cm³/mol. The second kappa shape index (κ2) is 5.42. The minimum absolute atomic E-state index is 0.264. The van der Waals surface area contributed by atoms with E-state index in [4.69, 9.17) is 11.6 Å². The van der Waals surface area contributed by atoms with Crippen molar-refractivity contribution >= 4 is 49.4 Å². The van der Waals surface area contributed by atoms with Crippen LogP contribution in [-0.2, 0) is 0 Å². The van der Waals surface area contributed by atoms with Crippen molar-refractivity contribution in [2.24, 2.45) is 0 Å². The quantitative estimate of drug-likeness (QED) is 0.850. The largest absolute Gasteiger partial charge is 0.355 e. The monoisotopic (exact) mass is 391 g/mol. The number of carbonyl (C=O) groups excluding carboxylic acids is 1. The number of aromatic nitrogens is 2. The first kappa shape index (κ1) is 13.6. The molecular weight excluding hydrogens is 385 g/mol. The van der Waals surface area contributed by atoms with E-state index in [1.54, 1.807) is 7.05 Å². The Hall–Kier alpha value is -0.850. The van der Waals surface area contributed by atoms with E-state index in [2.05, 4.69) is 42.3 Å². The molecule has 0 unspecified atom stereocenters. The van der Waals surface area contributed by atoms with Crippen molar-refractivity contribution in [3.05, 3.63) is 44.1 Å². The number of rotatable bonds is 2. The van der Waals surface area contributed by atoms with Gasteiger partial charge in [0.1, 0.15) is 5.15 Å². The summed E-state index contributed by atoms with van der Waals surface area (Å²) < 4.78 is 3.26. The molecule has 94 valence electrons. The molecule has 0 bridgehead atoms. The minimum Gasteiger partial charge on any atom is -0.355 e. The lowest BCUT2D eigenvalue weighted by Gasteiger charge is -2.06. The lowest BCUT2D eigenvalue weighted by atomic mass is 10.3. The third-order valence-electron chi connectivity index (χ3n) is 2.32. The standard InChI is InChI=1S/C11H8Br2ClN3O/c1-15-11(18)7-5-16-17(10(7)14)9-3-2-6(12)4-8(9)13/h2-5H,1H3,(H,15,18). The molecular formula is C11H8Br2ClN3O. The van der Waals surface area contributed by atoms with Gasteiger partial charge in [0.2, 0.25) is 0 Å². The van der Waals surface area contributed by atoms with Crippen LogP contribution in [0.4, 0.5) is 0 Å². The third-order valence-corrected chi connectivity index (χ3v) is 3.81. The Morgan fingerprint density at radius 2 is 2.17 bits per heavy atom. The molecule has 0 radical (unpaired) electrons. The molecule has 2 aromatic rings. The number of hydrogen-bond acceptors (Lipinski definition) is 2. The van der Waals surface area contributed by atoms with Crippen molar-refractivity contribution in [1.29, 1.82) is 0 Å². The molecule has 1 aromatic carbocycles. The minimum atomic E-state index is -0.264. The van der Waals surface area contributed by atoms with Crippen LogP contribution < -0.4 is 5.32 Å². The smallest absolute Gasteiger partial charge is 0.255 e. The van der Waals surface area contributed by atoms with Crippen LogP contribution in [-0.4, -0.2) is 22.7 Å². The molecule has 18 heavy (non-hydrogen) atoms. The maximum Gasteiger partial charge on any atom is 0.255 e. The Bertz CT molecular complexity index is 612. The van der Waals surface area contributed by atoms with Gasteiger partial charge < -0.3 is 5.32 Å². The highest BCUT2D eigenvalue weighted by molar-refractivity contribution is 9.11. The van der Waals surface area contributed by atoms with Gasteiger partial charge in [0.25, 0.3) is 5.91 Å². The number of nitrogens with zero attached hydrogens (tertiary/aromatic N) is 2. The van der Waals surface area contributed by atoms with Crippen LogP contribution in [0.1, 0.15) is 10.4 Å². The van der Waals surface area contributed by atoms with Gasteiger partial charge in [-0.2, -0.15) is 5.10 Å². The van der Waals surface area contributed by atoms with Gasteiger partial charge in [-0.15, -0.1) is 0 Å². The molecule has 7 heteroatoms. The van der Waals surface area contributed by atoms with E-state index in [0.717, 1.165) is 14.6 Å². The van der Waals surface area contributed by atoms with Crippen molar-refractivity contribution < 1.29 is 4.79 Å². The Morgan fingerprint density at radius 3 is 2.78 bits per heavy atom. The van der Waals surface area contributed by atoms with E-state index in [-0.39, 0.29) is 11.1 Å². The Kier molecular flexibility index (Phi) is 4.09. The number of benzene rings is 1. The van der Waals surface area contributed by atoms with Crippen LogP contribution in [0, 0.1) is 0 Å². The fourth-order valence-electron chi connectivity index (χ4n) is 1.44. The van der Waals surface area contributed by atoms with Crippen molar-refractivity contribution in [2.75, 3.05) is 7.05 Å². The molecule has 0 atom stereocenters. The summed E-state index contributed by atoms with van der Waals surface area (Å²) >= 11 is 13.0. The first-order valence-electron chi connectivity index (χ1n) is 4.95. The summed E-state index contributed by atoms with van der Waals surface area (Å²) in [5, 5.41) is 6.91. The van der Waals surface area contributed by atoms with Crippen LogP contribution >= 0.6 is 43.5 Å². The highest BCUT2D eigenvalue weighted by atomic mass is 79.9. The molecule has 1 aromatic heterocycles. The maximum atomic E-state index is 11.5. The molecule has 1 amide bonds. The first-order valence-corrected chi connectivity index (χ1v) is 6.92. The zero-order valence-electron chi connectivity index (χ0n) is 9.25. The number of halogens is 3. The van der Waals surface area contributed by atoms with Crippen LogP contribution in [0.2, 0.25) is 5.15 Å². The molecule has 4 nitrogen and oxygen atoms in total. The highest BCUT2D eigenvalue weighted by Gasteiger charge is 2.16. The normalized spacial score (nSPS) is 10.4. The van der Waals surface area contributed by atoms with Crippen molar-refractivity contribution in [1.82, 2.24) is 15.1 Å². The van der Waals surface area contributed by atoms with Crippen molar-refractivity contribution in [3.8, 4) is 5.69 Å². The number of amides is 1. The van der Waals surface area contributed by atoms with E-state index in [0.29, 0.717) is 5.56 Å². The summed E-state index contributed by atoms with van der Waals surface area (Å²) in [7, 11) is 1.55. The fraction of sp³-hybridized carbons (Fsp3) is 0.0909. The van der Waals surface area contributed by atoms with E-state index in [1.165, 1.54) is 10.9 Å². The second-order valence-corrected chi connectivity index (χ2v) is 5.56. The molecule has 2 rings (SSSR count). The number of hydrogen-bond donors (Lipinski definition) is 1. The van der Waals surface area contributed by atoms with Crippen LogP contribution in [0.3, 0.4) is 0 Å². The average Bonchev–Trinajstić information content (AvgIpc) is 2.70. The molecule has 0 aliphatic carbocycles. The second-order valence-electron chi connectivity index (χ2n) is 3.44. The highest BCUT2D eigenvalue weighted by Crippen LogP contribution is 2.28. The summed E-state index contributed by atoms with van der Waals surface area (Å²) in [5.41, 5.74) is 1.10. The van der Waals surface area contributed by atoms with Gasteiger partial charge in [0.05, 0.1) is 17.4 Å². The summed E-state index contributed by atoms with van der Waals surface area (Å²) in [6.07, 6.45) is 1.44. The Labute approximate surface area is 126 Å². The number of carbonyl (C=O) groups is 1.